The van der Waals surface area contributed by atoms with Crippen LogP contribution in [-0.2, 0) is 19.6 Å². The molecule has 1 fully saturated rings. The van der Waals surface area contributed by atoms with Gasteiger partial charge in [-0.1, -0.05) is 13.3 Å². The van der Waals surface area contributed by atoms with E-state index in [2.05, 4.69) is 0 Å². The number of methoxy groups -OCH3 is 1. The summed E-state index contributed by atoms with van der Waals surface area (Å²) in [7, 11) is -0.568. The molecule has 1 aliphatic rings. The van der Waals surface area contributed by atoms with Crippen molar-refractivity contribution in [1.29, 1.82) is 0 Å². The smallest absolute Gasteiger partial charge is 0.310 e. The molecule has 1 aliphatic carbocycles. The highest BCUT2D eigenvalue weighted by atomic mass is 32.2. The average Bonchev–Trinajstić information content (AvgIpc) is 2.86. The molecule has 0 saturated heterocycles. The highest BCUT2D eigenvalue weighted by molar-refractivity contribution is 7.89. The van der Waals surface area contributed by atoms with Gasteiger partial charge in [0.05, 0.1) is 18.3 Å². The fourth-order valence-corrected chi connectivity index (χ4v) is 4.82. The maximum absolute atomic E-state index is 12.7. The maximum atomic E-state index is 12.7. The highest BCUT2D eigenvalue weighted by Crippen LogP contribution is 2.35. The molecular formula is C13H25NO4S. The van der Waals surface area contributed by atoms with Crippen molar-refractivity contribution in [2.75, 3.05) is 14.2 Å². The summed E-state index contributed by atoms with van der Waals surface area (Å²) in [4.78, 5) is 11.7. The Kier molecular flexibility index (Phi) is 5.01. The SMILES string of the molecule is CCC(C)(C)N(C)S(=O)(=O)C1CCCC1C(=O)OC. The third-order valence-corrected chi connectivity index (χ3v) is 7.03. The molecule has 19 heavy (non-hydrogen) atoms. The van der Waals surface area contributed by atoms with Crippen LogP contribution in [0.3, 0.4) is 0 Å². The molecule has 0 spiro atoms. The van der Waals surface area contributed by atoms with Gasteiger partial charge < -0.3 is 4.74 Å². The van der Waals surface area contributed by atoms with Gasteiger partial charge in [0, 0.05) is 12.6 Å². The Labute approximate surface area is 116 Å². The van der Waals surface area contributed by atoms with Gasteiger partial charge in [0.15, 0.2) is 0 Å². The third-order valence-electron chi connectivity index (χ3n) is 4.44. The number of esters is 1. The highest BCUT2D eigenvalue weighted by Gasteiger charge is 2.46. The number of sulfonamides is 1. The lowest BCUT2D eigenvalue weighted by Crippen LogP contribution is -2.50. The number of carbonyl (C=O) groups is 1. The molecule has 2 atom stereocenters. The first-order chi connectivity index (χ1) is 8.68. The molecule has 1 rings (SSSR count). The standard InChI is InChI=1S/C13H25NO4S/c1-6-13(2,3)14(4)19(16,17)11-9-7-8-10(11)12(15)18-5/h10-11H,6-9H2,1-5H3. The summed E-state index contributed by atoms with van der Waals surface area (Å²) in [5, 5.41) is -0.643. The fourth-order valence-electron chi connectivity index (χ4n) is 2.47. The van der Waals surface area contributed by atoms with Gasteiger partial charge in [-0.3, -0.25) is 4.79 Å². The number of carbonyl (C=O) groups excluding carboxylic acids is 1. The number of rotatable bonds is 5. The zero-order valence-corrected chi connectivity index (χ0v) is 13.3. The van der Waals surface area contributed by atoms with Gasteiger partial charge in [-0.2, -0.15) is 4.31 Å². The van der Waals surface area contributed by atoms with Gasteiger partial charge in [-0.25, -0.2) is 8.42 Å². The first-order valence-corrected chi connectivity index (χ1v) is 8.24. The molecule has 112 valence electrons. The van der Waals surface area contributed by atoms with Gasteiger partial charge in [-0.15, -0.1) is 0 Å². The minimum atomic E-state index is -3.48. The first-order valence-electron chi connectivity index (χ1n) is 6.74. The van der Waals surface area contributed by atoms with Crippen molar-refractivity contribution in [3.05, 3.63) is 0 Å². The van der Waals surface area contributed by atoms with Crippen molar-refractivity contribution in [3.63, 3.8) is 0 Å². The predicted octanol–water partition coefficient (Wildman–Crippen LogP) is 1.78. The molecule has 5 nitrogen and oxygen atoms in total. The quantitative estimate of drug-likeness (QED) is 0.724. The van der Waals surface area contributed by atoms with Crippen LogP contribution in [0, 0.1) is 5.92 Å². The van der Waals surface area contributed by atoms with E-state index in [1.165, 1.54) is 11.4 Å². The largest absolute Gasteiger partial charge is 0.469 e. The Morgan fingerprint density at radius 1 is 1.37 bits per heavy atom. The average molecular weight is 291 g/mol. The molecular weight excluding hydrogens is 266 g/mol. The van der Waals surface area contributed by atoms with Crippen LogP contribution in [0.5, 0.6) is 0 Å². The molecule has 0 amide bonds. The lowest BCUT2D eigenvalue weighted by molar-refractivity contribution is -0.145. The molecule has 0 aliphatic heterocycles. The van der Waals surface area contributed by atoms with E-state index in [1.54, 1.807) is 7.05 Å². The lowest BCUT2D eigenvalue weighted by Gasteiger charge is -2.36. The van der Waals surface area contributed by atoms with E-state index in [1.807, 2.05) is 20.8 Å². The van der Waals surface area contributed by atoms with Crippen molar-refractivity contribution < 1.29 is 17.9 Å². The van der Waals surface area contributed by atoms with Gasteiger partial charge in [0.25, 0.3) is 0 Å². The summed E-state index contributed by atoms with van der Waals surface area (Å²) in [5.41, 5.74) is -0.442. The minimum Gasteiger partial charge on any atom is -0.469 e. The molecule has 0 N–H and O–H groups in total. The van der Waals surface area contributed by atoms with Crippen LogP contribution in [-0.4, -0.2) is 43.6 Å². The van der Waals surface area contributed by atoms with Crippen molar-refractivity contribution >= 4 is 16.0 Å². The van der Waals surface area contributed by atoms with Crippen molar-refractivity contribution in [2.45, 2.75) is 57.2 Å². The van der Waals surface area contributed by atoms with E-state index in [-0.39, 0.29) is 0 Å². The van der Waals surface area contributed by atoms with E-state index in [9.17, 15) is 13.2 Å². The van der Waals surface area contributed by atoms with Crippen LogP contribution in [0.4, 0.5) is 0 Å². The molecule has 0 aromatic heterocycles. The van der Waals surface area contributed by atoms with Gasteiger partial charge in [0.1, 0.15) is 0 Å². The maximum Gasteiger partial charge on any atom is 0.310 e. The first kappa shape index (κ1) is 16.4. The summed E-state index contributed by atoms with van der Waals surface area (Å²) in [6, 6.07) is 0. The van der Waals surface area contributed by atoms with E-state index in [0.29, 0.717) is 12.8 Å². The Balaban J connectivity index is 3.03. The summed E-state index contributed by atoms with van der Waals surface area (Å²) in [6.45, 7) is 5.75. The van der Waals surface area contributed by atoms with Crippen LogP contribution < -0.4 is 0 Å². The van der Waals surface area contributed by atoms with E-state index in [4.69, 9.17) is 4.74 Å². The zero-order chi connectivity index (χ0) is 14.8. The summed E-state index contributed by atoms with van der Waals surface area (Å²) in [5.74, 6) is -0.932. The van der Waals surface area contributed by atoms with Crippen molar-refractivity contribution in [2.24, 2.45) is 5.92 Å². The molecule has 2 unspecified atom stereocenters. The van der Waals surface area contributed by atoms with Crippen LogP contribution in [0.2, 0.25) is 0 Å². The Morgan fingerprint density at radius 2 is 1.95 bits per heavy atom. The molecule has 0 bridgehead atoms. The molecule has 0 heterocycles. The number of ether oxygens (including phenoxy) is 1. The van der Waals surface area contributed by atoms with Crippen molar-refractivity contribution in [3.8, 4) is 0 Å². The van der Waals surface area contributed by atoms with Crippen LogP contribution >= 0.6 is 0 Å². The second-order valence-corrected chi connectivity index (χ2v) is 7.96. The van der Waals surface area contributed by atoms with E-state index >= 15 is 0 Å². The van der Waals surface area contributed by atoms with Crippen LogP contribution in [0.1, 0.15) is 46.5 Å². The van der Waals surface area contributed by atoms with E-state index in [0.717, 1.165) is 12.8 Å². The lowest BCUT2D eigenvalue weighted by atomic mass is 10.0. The zero-order valence-electron chi connectivity index (χ0n) is 12.5. The summed E-state index contributed by atoms with van der Waals surface area (Å²) < 4.78 is 31.5. The topological polar surface area (TPSA) is 63.7 Å². The van der Waals surface area contributed by atoms with Crippen molar-refractivity contribution in [1.82, 2.24) is 4.31 Å². The predicted molar refractivity (Wildman–Crippen MR) is 74.2 cm³/mol. The molecule has 0 aromatic carbocycles. The van der Waals surface area contributed by atoms with Crippen LogP contribution in [0.15, 0.2) is 0 Å². The fraction of sp³-hybridized carbons (Fsp3) is 0.923. The van der Waals surface area contributed by atoms with Gasteiger partial charge in [-0.05, 0) is 33.1 Å². The van der Waals surface area contributed by atoms with E-state index < -0.39 is 32.7 Å². The van der Waals surface area contributed by atoms with Gasteiger partial charge in [0.2, 0.25) is 10.0 Å². The number of nitrogens with zero attached hydrogens (tertiary/aromatic N) is 1. The molecule has 1 saturated carbocycles. The normalized spacial score (nSPS) is 24.7. The Bertz CT molecular complexity index is 430. The van der Waals surface area contributed by atoms with Gasteiger partial charge >= 0.3 is 5.97 Å². The summed E-state index contributed by atoms with van der Waals surface area (Å²) in [6.07, 6.45) is 2.60. The minimum absolute atomic E-state index is 0.409. The third kappa shape index (κ3) is 3.11. The van der Waals surface area contributed by atoms with Crippen LogP contribution in [0.25, 0.3) is 0 Å². The second-order valence-electron chi connectivity index (χ2n) is 5.78. The molecule has 0 aromatic rings. The molecule has 6 heteroatoms. The Morgan fingerprint density at radius 3 is 2.42 bits per heavy atom. The monoisotopic (exact) mass is 291 g/mol. The summed E-state index contributed by atoms with van der Waals surface area (Å²) >= 11 is 0. The molecule has 0 radical (unpaired) electrons. The second kappa shape index (κ2) is 5.79. The number of hydrogen-bond donors (Lipinski definition) is 0. The number of hydrogen-bond acceptors (Lipinski definition) is 4. The Hall–Kier alpha value is -0.620.